The van der Waals surface area contributed by atoms with E-state index in [9.17, 15) is 9.59 Å². The maximum absolute atomic E-state index is 13.0. The van der Waals surface area contributed by atoms with Crippen LogP contribution in [0.15, 0.2) is 70.8 Å². The van der Waals surface area contributed by atoms with Gasteiger partial charge >= 0.3 is 0 Å². The normalized spacial score (nSPS) is 11.9. The van der Waals surface area contributed by atoms with Crippen LogP contribution in [0.2, 0.25) is 0 Å². The number of hydrogen-bond donors (Lipinski definition) is 1. The van der Waals surface area contributed by atoms with E-state index in [4.69, 9.17) is 4.74 Å². The molecule has 2 aromatic carbocycles. The molecule has 146 valence electrons. The summed E-state index contributed by atoms with van der Waals surface area (Å²) < 4.78 is 6.39. The van der Waals surface area contributed by atoms with Gasteiger partial charge in [0.15, 0.2) is 0 Å². The van der Waals surface area contributed by atoms with E-state index >= 15 is 0 Å². The number of nitrogens with zero attached hydrogens (tertiary/aromatic N) is 2. The number of ether oxygens (including phenoxy) is 1. The standard InChI is InChI=1S/C22H19N3O3S/c1-14(21(26)23-15-9-11-16(28-2)12-10-15)25-22(27)18-7-4-3-6-17(18)20(24-25)19-8-5-13-29-19/h3-14H,1-2H3,(H,23,26). The summed E-state index contributed by atoms with van der Waals surface area (Å²) in [5, 5.41) is 10.7. The molecule has 4 aromatic rings. The zero-order valence-electron chi connectivity index (χ0n) is 16.0. The van der Waals surface area contributed by atoms with E-state index in [1.54, 1.807) is 55.7 Å². The molecule has 1 amide bonds. The Bertz CT molecular complexity index is 1210. The molecule has 2 aromatic heterocycles. The maximum atomic E-state index is 13.0. The fraction of sp³-hybridized carbons (Fsp3) is 0.136. The Morgan fingerprint density at radius 2 is 1.79 bits per heavy atom. The summed E-state index contributed by atoms with van der Waals surface area (Å²) in [5.41, 5.74) is 1.02. The Balaban J connectivity index is 1.73. The third-order valence-electron chi connectivity index (χ3n) is 4.69. The third kappa shape index (κ3) is 3.64. The van der Waals surface area contributed by atoms with Gasteiger partial charge in [0.05, 0.1) is 17.4 Å². The molecule has 0 fully saturated rings. The van der Waals surface area contributed by atoms with Gasteiger partial charge in [0, 0.05) is 11.1 Å². The van der Waals surface area contributed by atoms with Crippen molar-refractivity contribution in [3.8, 4) is 16.3 Å². The van der Waals surface area contributed by atoms with E-state index in [2.05, 4.69) is 10.4 Å². The Kier molecular flexibility index (Phi) is 5.14. The number of rotatable bonds is 5. The Morgan fingerprint density at radius 1 is 1.07 bits per heavy atom. The minimum absolute atomic E-state index is 0.293. The van der Waals surface area contributed by atoms with Crippen molar-refractivity contribution in [2.75, 3.05) is 12.4 Å². The third-order valence-corrected chi connectivity index (χ3v) is 5.56. The summed E-state index contributed by atoms with van der Waals surface area (Å²) in [7, 11) is 1.58. The molecule has 0 aliphatic heterocycles. The number of benzene rings is 2. The van der Waals surface area contributed by atoms with Gasteiger partial charge in [-0.3, -0.25) is 9.59 Å². The minimum atomic E-state index is -0.784. The van der Waals surface area contributed by atoms with Crippen LogP contribution >= 0.6 is 11.3 Å². The number of amides is 1. The Labute approximate surface area is 171 Å². The second-order valence-corrected chi connectivity index (χ2v) is 7.46. The lowest BCUT2D eigenvalue weighted by Gasteiger charge is -2.16. The van der Waals surface area contributed by atoms with Crippen LogP contribution in [0.25, 0.3) is 21.3 Å². The first kappa shape index (κ1) is 18.9. The number of methoxy groups -OCH3 is 1. The van der Waals surface area contributed by atoms with Crippen LogP contribution < -0.4 is 15.6 Å². The van der Waals surface area contributed by atoms with Gasteiger partial charge in [-0.2, -0.15) is 5.10 Å². The number of hydrogen-bond acceptors (Lipinski definition) is 5. The number of carbonyl (C=O) groups is 1. The van der Waals surface area contributed by atoms with Crippen LogP contribution in [0.4, 0.5) is 5.69 Å². The van der Waals surface area contributed by atoms with Crippen LogP contribution in [0.5, 0.6) is 5.75 Å². The molecule has 0 saturated heterocycles. The molecule has 1 atom stereocenters. The van der Waals surface area contributed by atoms with Crippen molar-refractivity contribution >= 4 is 33.7 Å². The van der Waals surface area contributed by atoms with Crippen molar-refractivity contribution < 1.29 is 9.53 Å². The number of thiophene rings is 1. The van der Waals surface area contributed by atoms with Crippen LogP contribution in [-0.2, 0) is 4.79 Å². The largest absolute Gasteiger partial charge is 0.497 e. The predicted octanol–water partition coefficient (Wildman–Crippen LogP) is 4.33. The van der Waals surface area contributed by atoms with Crippen molar-refractivity contribution in [2.24, 2.45) is 0 Å². The maximum Gasteiger partial charge on any atom is 0.275 e. The van der Waals surface area contributed by atoms with Gasteiger partial charge in [-0.15, -0.1) is 11.3 Å². The monoisotopic (exact) mass is 405 g/mol. The highest BCUT2D eigenvalue weighted by Crippen LogP contribution is 2.29. The number of fused-ring (bicyclic) bond motifs is 1. The summed E-state index contributed by atoms with van der Waals surface area (Å²) >= 11 is 1.54. The second-order valence-electron chi connectivity index (χ2n) is 6.51. The summed E-state index contributed by atoms with van der Waals surface area (Å²) in [5.74, 6) is 0.376. The summed E-state index contributed by atoms with van der Waals surface area (Å²) in [6, 6.07) is 17.5. The molecule has 29 heavy (non-hydrogen) atoms. The van der Waals surface area contributed by atoms with Crippen molar-refractivity contribution in [1.29, 1.82) is 0 Å². The van der Waals surface area contributed by atoms with Gasteiger partial charge in [0.2, 0.25) is 5.91 Å². The lowest BCUT2D eigenvalue weighted by molar-refractivity contribution is -0.119. The highest BCUT2D eigenvalue weighted by Gasteiger charge is 2.21. The van der Waals surface area contributed by atoms with E-state index in [0.717, 1.165) is 10.3 Å². The molecule has 2 heterocycles. The molecule has 0 aliphatic rings. The van der Waals surface area contributed by atoms with E-state index in [-0.39, 0.29) is 11.5 Å². The molecule has 6 nitrogen and oxygen atoms in total. The molecule has 0 bridgehead atoms. The number of nitrogens with one attached hydrogen (secondary N) is 1. The average Bonchev–Trinajstić information content (AvgIpc) is 3.29. The van der Waals surface area contributed by atoms with Gasteiger partial charge < -0.3 is 10.1 Å². The second kappa shape index (κ2) is 7.89. The van der Waals surface area contributed by atoms with Crippen molar-refractivity contribution in [2.45, 2.75) is 13.0 Å². The van der Waals surface area contributed by atoms with E-state index < -0.39 is 6.04 Å². The van der Waals surface area contributed by atoms with Crippen LogP contribution in [0.1, 0.15) is 13.0 Å². The highest BCUT2D eigenvalue weighted by atomic mass is 32.1. The first-order chi connectivity index (χ1) is 14.1. The minimum Gasteiger partial charge on any atom is -0.497 e. The van der Waals surface area contributed by atoms with Crippen LogP contribution in [-0.4, -0.2) is 22.8 Å². The van der Waals surface area contributed by atoms with Crippen molar-refractivity contribution in [3.05, 3.63) is 76.4 Å². The van der Waals surface area contributed by atoms with E-state index in [1.807, 2.05) is 35.7 Å². The Hall–Kier alpha value is -3.45. The summed E-state index contributed by atoms with van der Waals surface area (Å²) in [6.07, 6.45) is 0. The SMILES string of the molecule is COc1ccc(NC(=O)C(C)n2nc(-c3cccs3)c3ccccc3c2=O)cc1. The quantitative estimate of drug-likeness (QED) is 0.536. The fourth-order valence-corrected chi connectivity index (χ4v) is 3.82. The zero-order valence-corrected chi connectivity index (χ0v) is 16.8. The van der Waals surface area contributed by atoms with Crippen molar-refractivity contribution in [3.63, 3.8) is 0 Å². The number of aromatic nitrogens is 2. The van der Waals surface area contributed by atoms with Crippen LogP contribution in [0.3, 0.4) is 0 Å². The highest BCUT2D eigenvalue weighted by molar-refractivity contribution is 7.13. The first-order valence-corrected chi connectivity index (χ1v) is 9.97. The molecule has 7 heteroatoms. The summed E-state index contributed by atoms with van der Waals surface area (Å²) in [6.45, 7) is 1.67. The average molecular weight is 405 g/mol. The number of anilines is 1. The summed E-state index contributed by atoms with van der Waals surface area (Å²) in [4.78, 5) is 26.8. The first-order valence-electron chi connectivity index (χ1n) is 9.09. The molecule has 1 N–H and O–H groups in total. The van der Waals surface area contributed by atoms with Gasteiger partial charge in [-0.05, 0) is 48.7 Å². The topological polar surface area (TPSA) is 73.2 Å². The predicted molar refractivity (Wildman–Crippen MR) is 116 cm³/mol. The molecular weight excluding hydrogens is 386 g/mol. The van der Waals surface area contributed by atoms with Crippen LogP contribution in [0, 0.1) is 0 Å². The van der Waals surface area contributed by atoms with Gasteiger partial charge in [-0.1, -0.05) is 24.3 Å². The van der Waals surface area contributed by atoms with Gasteiger partial charge in [0.25, 0.3) is 5.56 Å². The van der Waals surface area contributed by atoms with Gasteiger partial charge in [-0.25, -0.2) is 4.68 Å². The molecular formula is C22H19N3O3S. The van der Waals surface area contributed by atoms with E-state index in [0.29, 0.717) is 22.5 Å². The lowest BCUT2D eigenvalue weighted by atomic mass is 10.1. The lowest BCUT2D eigenvalue weighted by Crippen LogP contribution is -2.33. The molecule has 0 aliphatic carbocycles. The van der Waals surface area contributed by atoms with E-state index in [1.165, 1.54) is 4.68 Å². The Morgan fingerprint density at radius 3 is 2.45 bits per heavy atom. The zero-order chi connectivity index (χ0) is 20.4. The molecule has 1 unspecified atom stereocenters. The number of carbonyl (C=O) groups excluding carboxylic acids is 1. The molecule has 0 radical (unpaired) electrons. The molecule has 0 saturated carbocycles. The molecule has 4 rings (SSSR count). The van der Waals surface area contributed by atoms with Gasteiger partial charge in [0.1, 0.15) is 17.5 Å². The molecule has 0 spiro atoms. The fourth-order valence-electron chi connectivity index (χ4n) is 3.10. The smallest absolute Gasteiger partial charge is 0.275 e. The van der Waals surface area contributed by atoms with Crippen molar-refractivity contribution in [1.82, 2.24) is 9.78 Å².